The van der Waals surface area contributed by atoms with E-state index in [0.29, 0.717) is 12.8 Å². The van der Waals surface area contributed by atoms with Gasteiger partial charge in [0.2, 0.25) is 0 Å². The van der Waals surface area contributed by atoms with Gasteiger partial charge < -0.3 is 0 Å². The van der Waals surface area contributed by atoms with E-state index in [1.54, 1.807) is 0 Å². The number of hydrogen-bond donors (Lipinski definition) is 0. The number of hydrogen-bond acceptors (Lipinski definition) is 3. The second-order valence-electron chi connectivity index (χ2n) is 2.04. The van der Waals surface area contributed by atoms with Gasteiger partial charge in [0.05, 0.1) is 5.75 Å². The van der Waals surface area contributed by atoms with Crippen molar-refractivity contribution in [2.24, 2.45) is 0 Å². The Morgan fingerprint density at radius 3 is 2.42 bits per heavy atom. The Morgan fingerprint density at radius 1 is 1.25 bits per heavy atom. The second kappa shape index (κ2) is 5.65. The van der Waals surface area contributed by atoms with Gasteiger partial charge in [-0.1, -0.05) is 5.92 Å². The molecule has 0 N–H and O–H groups in total. The van der Waals surface area contributed by atoms with Crippen LogP contribution >= 0.6 is 0 Å². The molecule has 0 aliphatic carbocycles. The van der Waals surface area contributed by atoms with Gasteiger partial charge in [0.1, 0.15) is 6.61 Å². The van der Waals surface area contributed by atoms with Crippen molar-refractivity contribution in [2.45, 2.75) is 12.8 Å². The zero-order valence-corrected chi connectivity index (χ0v) is 7.43. The van der Waals surface area contributed by atoms with Crippen LogP contribution in [0.2, 0.25) is 0 Å². The van der Waals surface area contributed by atoms with Gasteiger partial charge >= 0.3 is 0 Å². The molecule has 12 heavy (non-hydrogen) atoms. The molecule has 0 aliphatic heterocycles. The fourth-order valence-corrected chi connectivity index (χ4v) is 1.40. The van der Waals surface area contributed by atoms with E-state index < -0.39 is 10.1 Å². The van der Waals surface area contributed by atoms with Crippen LogP contribution in [0, 0.1) is 24.7 Å². The lowest BCUT2D eigenvalue weighted by atomic mass is 10.4. The fraction of sp³-hybridized carbons (Fsp3) is 0.500. The van der Waals surface area contributed by atoms with Crippen molar-refractivity contribution < 1.29 is 12.6 Å². The lowest BCUT2D eigenvalue weighted by Crippen LogP contribution is -2.10. The van der Waals surface area contributed by atoms with E-state index in [-0.39, 0.29) is 12.4 Å². The van der Waals surface area contributed by atoms with E-state index >= 15 is 0 Å². The van der Waals surface area contributed by atoms with Crippen molar-refractivity contribution in [2.75, 3.05) is 12.4 Å². The van der Waals surface area contributed by atoms with Crippen molar-refractivity contribution >= 4 is 10.1 Å². The van der Waals surface area contributed by atoms with E-state index in [9.17, 15) is 8.42 Å². The first-order chi connectivity index (χ1) is 5.62. The summed E-state index contributed by atoms with van der Waals surface area (Å²) >= 11 is 0. The second-order valence-corrected chi connectivity index (χ2v) is 3.80. The molecule has 0 unspecified atom stereocenters. The molecule has 0 heterocycles. The van der Waals surface area contributed by atoms with Crippen LogP contribution in [0.1, 0.15) is 12.8 Å². The molecule has 0 bridgehead atoms. The minimum atomic E-state index is -3.45. The summed E-state index contributed by atoms with van der Waals surface area (Å²) in [5, 5.41) is 0. The molecular weight excluding hydrogens is 176 g/mol. The molecule has 0 aliphatic rings. The Labute approximate surface area is 73.2 Å². The third-order valence-electron chi connectivity index (χ3n) is 1.04. The molecule has 66 valence electrons. The van der Waals surface area contributed by atoms with Crippen LogP contribution in [0.4, 0.5) is 0 Å². The topological polar surface area (TPSA) is 43.4 Å². The first kappa shape index (κ1) is 11.0. The van der Waals surface area contributed by atoms with Gasteiger partial charge in [-0.2, -0.15) is 8.42 Å². The minimum absolute atomic E-state index is 0.0706. The van der Waals surface area contributed by atoms with Crippen LogP contribution in [0.15, 0.2) is 0 Å². The molecule has 0 radical (unpaired) electrons. The average Bonchev–Trinajstić information content (AvgIpc) is 2.01. The lowest BCUT2D eigenvalue weighted by molar-refractivity contribution is 0.362. The lowest BCUT2D eigenvalue weighted by Gasteiger charge is -1.99. The molecule has 0 amide bonds. The van der Waals surface area contributed by atoms with Crippen molar-refractivity contribution in [1.29, 1.82) is 0 Å². The Hall–Kier alpha value is -0.970. The molecule has 0 aromatic heterocycles. The highest BCUT2D eigenvalue weighted by molar-refractivity contribution is 7.86. The first-order valence-corrected chi connectivity index (χ1v) is 4.94. The molecule has 0 aromatic carbocycles. The van der Waals surface area contributed by atoms with Crippen LogP contribution in [0.5, 0.6) is 0 Å². The van der Waals surface area contributed by atoms with Gasteiger partial charge in [-0.25, -0.2) is 0 Å². The highest BCUT2D eigenvalue weighted by Gasteiger charge is 2.08. The number of terminal acetylenes is 2. The molecule has 0 fully saturated rings. The van der Waals surface area contributed by atoms with E-state index in [4.69, 9.17) is 12.8 Å². The van der Waals surface area contributed by atoms with Crippen LogP contribution < -0.4 is 0 Å². The quantitative estimate of drug-likeness (QED) is 0.354. The third kappa shape index (κ3) is 5.79. The molecule has 0 saturated carbocycles. The molecule has 0 atom stereocenters. The monoisotopic (exact) mass is 186 g/mol. The standard InChI is InChI=1S/C8H10O3S/c1-3-5-6-8-12(9,10)11-7-4-2/h1-2H,5-8H2. The van der Waals surface area contributed by atoms with Crippen LogP contribution in [0.3, 0.4) is 0 Å². The third-order valence-corrected chi connectivity index (χ3v) is 2.30. The van der Waals surface area contributed by atoms with Gasteiger partial charge in [0, 0.05) is 6.42 Å². The summed E-state index contributed by atoms with van der Waals surface area (Å²) in [6.07, 6.45) is 10.6. The Morgan fingerprint density at radius 2 is 1.92 bits per heavy atom. The number of rotatable bonds is 5. The van der Waals surface area contributed by atoms with Gasteiger partial charge in [-0.15, -0.1) is 18.8 Å². The predicted molar refractivity (Wildman–Crippen MR) is 46.6 cm³/mol. The highest BCUT2D eigenvalue weighted by Crippen LogP contribution is 1.97. The van der Waals surface area contributed by atoms with Gasteiger partial charge in [-0.3, -0.25) is 4.18 Å². The summed E-state index contributed by atoms with van der Waals surface area (Å²) in [7, 11) is -3.45. The largest absolute Gasteiger partial charge is 0.268 e. The highest BCUT2D eigenvalue weighted by atomic mass is 32.2. The Bertz CT molecular complexity index is 289. The van der Waals surface area contributed by atoms with Crippen LogP contribution in [-0.4, -0.2) is 20.8 Å². The number of unbranched alkanes of at least 4 members (excludes halogenated alkanes) is 1. The molecule has 4 heteroatoms. The molecule has 0 rings (SSSR count). The van der Waals surface area contributed by atoms with Crippen molar-refractivity contribution in [3.63, 3.8) is 0 Å². The SMILES string of the molecule is C#CCCCS(=O)(=O)OCC#C. The van der Waals surface area contributed by atoms with Gasteiger partial charge in [0.15, 0.2) is 0 Å². The maximum atomic E-state index is 10.9. The summed E-state index contributed by atoms with van der Waals surface area (Å²) in [5.74, 6) is 4.34. The smallest absolute Gasteiger partial charge is 0.257 e. The molecular formula is C8H10O3S. The summed E-state index contributed by atoms with van der Waals surface area (Å²) in [4.78, 5) is 0. The van der Waals surface area contributed by atoms with Gasteiger partial charge in [0.25, 0.3) is 10.1 Å². The summed E-state index contributed by atoms with van der Waals surface area (Å²) in [5.41, 5.74) is 0. The van der Waals surface area contributed by atoms with Crippen molar-refractivity contribution in [3.8, 4) is 24.7 Å². The van der Waals surface area contributed by atoms with E-state index in [1.807, 2.05) is 0 Å². The van der Waals surface area contributed by atoms with Crippen molar-refractivity contribution in [3.05, 3.63) is 0 Å². The zero-order chi connectivity index (χ0) is 9.45. The molecule has 0 aromatic rings. The fourth-order valence-electron chi connectivity index (χ4n) is 0.534. The Balaban J connectivity index is 3.76. The maximum absolute atomic E-state index is 10.9. The van der Waals surface area contributed by atoms with E-state index in [2.05, 4.69) is 16.0 Å². The average molecular weight is 186 g/mol. The predicted octanol–water partition coefficient (Wildman–Crippen LogP) is 0.379. The maximum Gasteiger partial charge on any atom is 0.268 e. The zero-order valence-electron chi connectivity index (χ0n) is 6.62. The summed E-state index contributed by atoms with van der Waals surface area (Å²) < 4.78 is 26.1. The molecule has 0 spiro atoms. The van der Waals surface area contributed by atoms with Crippen molar-refractivity contribution in [1.82, 2.24) is 0 Å². The van der Waals surface area contributed by atoms with Gasteiger partial charge in [-0.05, 0) is 6.42 Å². The summed E-state index contributed by atoms with van der Waals surface area (Å²) in [6.45, 7) is -0.210. The Kier molecular flexibility index (Phi) is 5.19. The van der Waals surface area contributed by atoms with Crippen LogP contribution in [-0.2, 0) is 14.3 Å². The minimum Gasteiger partial charge on any atom is -0.257 e. The molecule has 3 nitrogen and oxygen atoms in total. The first-order valence-electron chi connectivity index (χ1n) is 3.36. The summed E-state index contributed by atoms with van der Waals surface area (Å²) in [6, 6.07) is 0. The molecule has 0 saturated heterocycles. The normalized spacial score (nSPS) is 10.2. The van der Waals surface area contributed by atoms with E-state index in [0.717, 1.165) is 0 Å². The van der Waals surface area contributed by atoms with E-state index in [1.165, 1.54) is 0 Å². The van der Waals surface area contributed by atoms with Crippen LogP contribution in [0.25, 0.3) is 0 Å².